The Hall–Kier alpha value is -0.610. The Kier molecular flexibility index (Phi) is 4.11. The molecule has 1 unspecified atom stereocenters. The van der Waals surface area contributed by atoms with E-state index in [0.29, 0.717) is 6.42 Å². The summed E-state index contributed by atoms with van der Waals surface area (Å²) in [5.41, 5.74) is -0.661. The maximum Gasteiger partial charge on any atom is 0.254 e. The van der Waals surface area contributed by atoms with Crippen LogP contribution in [0.15, 0.2) is 0 Å². The molecule has 88 valence electrons. The molecule has 0 aromatic rings. The van der Waals surface area contributed by atoms with Crippen molar-refractivity contribution >= 4 is 5.91 Å². The van der Waals surface area contributed by atoms with E-state index in [-0.39, 0.29) is 11.9 Å². The number of piperazine rings is 1. The van der Waals surface area contributed by atoms with Gasteiger partial charge >= 0.3 is 0 Å². The zero-order valence-electron chi connectivity index (χ0n) is 10.2. The first kappa shape index (κ1) is 12.5. The minimum atomic E-state index is -0.661. The number of nitrogens with one attached hydrogen (secondary N) is 1. The quantitative estimate of drug-likeness (QED) is 0.749. The zero-order valence-corrected chi connectivity index (χ0v) is 10.2. The fourth-order valence-corrected chi connectivity index (χ4v) is 1.83. The third-order valence-corrected chi connectivity index (χ3v) is 3.34. The largest absolute Gasteiger partial charge is 0.369 e. The smallest absolute Gasteiger partial charge is 0.254 e. The molecule has 1 amide bonds. The summed E-state index contributed by atoms with van der Waals surface area (Å²) in [6.45, 7) is 8.43. The van der Waals surface area contributed by atoms with Crippen molar-refractivity contribution in [3.8, 4) is 0 Å². The molecule has 0 radical (unpaired) electrons. The van der Waals surface area contributed by atoms with Crippen LogP contribution in [0.1, 0.15) is 27.2 Å². The van der Waals surface area contributed by atoms with Crippen LogP contribution in [0.4, 0.5) is 0 Å². The number of amides is 1. The minimum Gasteiger partial charge on any atom is -0.369 e. The number of methoxy groups -OCH3 is 1. The molecule has 0 saturated carbocycles. The van der Waals surface area contributed by atoms with Crippen LogP contribution >= 0.6 is 0 Å². The Balaban J connectivity index is 2.73. The van der Waals surface area contributed by atoms with E-state index in [9.17, 15) is 4.79 Å². The van der Waals surface area contributed by atoms with Gasteiger partial charge in [-0.05, 0) is 20.3 Å². The standard InChI is InChI=1S/C11H22N2O2/c1-5-11(3,15-4)10(14)13-7-6-12-8-9(13)2/h9,12H,5-8H2,1-4H3/t9-,11?/m1/s1. The molecule has 4 nitrogen and oxygen atoms in total. The SMILES string of the molecule is CCC(C)(OC)C(=O)N1CCNC[C@H]1C. The fourth-order valence-electron chi connectivity index (χ4n) is 1.83. The highest BCUT2D eigenvalue weighted by Gasteiger charge is 2.37. The van der Waals surface area contributed by atoms with Crippen molar-refractivity contribution in [3.63, 3.8) is 0 Å². The maximum absolute atomic E-state index is 12.3. The molecule has 0 spiro atoms. The van der Waals surface area contributed by atoms with Crippen LogP contribution in [0.5, 0.6) is 0 Å². The van der Waals surface area contributed by atoms with Gasteiger partial charge in [0, 0.05) is 32.8 Å². The van der Waals surface area contributed by atoms with Crippen molar-refractivity contribution in [2.75, 3.05) is 26.7 Å². The highest BCUT2D eigenvalue weighted by atomic mass is 16.5. The van der Waals surface area contributed by atoms with E-state index in [1.54, 1.807) is 7.11 Å². The Labute approximate surface area is 92.0 Å². The number of hydrogen-bond acceptors (Lipinski definition) is 3. The van der Waals surface area contributed by atoms with Gasteiger partial charge in [-0.15, -0.1) is 0 Å². The van der Waals surface area contributed by atoms with Gasteiger partial charge in [0.2, 0.25) is 0 Å². The van der Waals surface area contributed by atoms with E-state index < -0.39 is 5.60 Å². The lowest BCUT2D eigenvalue weighted by Gasteiger charge is -2.39. The molecule has 0 aliphatic carbocycles. The van der Waals surface area contributed by atoms with E-state index in [4.69, 9.17) is 4.74 Å². The van der Waals surface area contributed by atoms with Crippen molar-refractivity contribution in [1.82, 2.24) is 10.2 Å². The second-order valence-corrected chi connectivity index (χ2v) is 4.34. The van der Waals surface area contributed by atoms with Gasteiger partial charge in [0.15, 0.2) is 0 Å². The van der Waals surface area contributed by atoms with Crippen LogP contribution in [-0.2, 0) is 9.53 Å². The Morgan fingerprint density at radius 2 is 2.33 bits per heavy atom. The van der Waals surface area contributed by atoms with E-state index in [2.05, 4.69) is 12.2 Å². The van der Waals surface area contributed by atoms with E-state index in [0.717, 1.165) is 19.6 Å². The van der Waals surface area contributed by atoms with Gasteiger partial charge in [0.25, 0.3) is 5.91 Å². The molecule has 0 aromatic carbocycles. The Bertz CT molecular complexity index is 227. The lowest BCUT2D eigenvalue weighted by Crippen LogP contribution is -2.58. The second kappa shape index (κ2) is 4.94. The summed E-state index contributed by atoms with van der Waals surface area (Å²) in [5.74, 6) is 0.113. The molecule has 1 heterocycles. The lowest BCUT2D eigenvalue weighted by atomic mass is 9.99. The van der Waals surface area contributed by atoms with Crippen molar-refractivity contribution in [3.05, 3.63) is 0 Å². The van der Waals surface area contributed by atoms with Gasteiger partial charge in [0.05, 0.1) is 0 Å². The summed E-state index contributed by atoms with van der Waals surface area (Å²) < 4.78 is 5.34. The third kappa shape index (κ3) is 2.49. The van der Waals surface area contributed by atoms with Crippen molar-refractivity contribution < 1.29 is 9.53 Å². The van der Waals surface area contributed by atoms with Gasteiger partial charge in [-0.3, -0.25) is 4.79 Å². The number of ether oxygens (including phenoxy) is 1. The van der Waals surface area contributed by atoms with Crippen molar-refractivity contribution in [2.45, 2.75) is 38.8 Å². The molecule has 1 aliphatic heterocycles. The normalized spacial score (nSPS) is 26.1. The van der Waals surface area contributed by atoms with Crippen molar-refractivity contribution in [1.29, 1.82) is 0 Å². The Morgan fingerprint density at radius 1 is 1.67 bits per heavy atom. The molecule has 1 saturated heterocycles. The molecule has 0 bridgehead atoms. The average Bonchev–Trinajstić information content (AvgIpc) is 2.28. The van der Waals surface area contributed by atoms with Crippen LogP contribution in [0.3, 0.4) is 0 Å². The number of nitrogens with zero attached hydrogens (tertiary/aromatic N) is 1. The molecule has 1 fully saturated rings. The predicted molar refractivity (Wildman–Crippen MR) is 59.7 cm³/mol. The first-order valence-electron chi connectivity index (χ1n) is 5.62. The third-order valence-electron chi connectivity index (χ3n) is 3.34. The van der Waals surface area contributed by atoms with E-state index in [1.807, 2.05) is 18.7 Å². The average molecular weight is 214 g/mol. The van der Waals surface area contributed by atoms with Gasteiger partial charge < -0.3 is 15.0 Å². The van der Waals surface area contributed by atoms with Gasteiger partial charge in [-0.2, -0.15) is 0 Å². The van der Waals surface area contributed by atoms with E-state index in [1.165, 1.54) is 0 Å². The highest BCUT2D eigenvalue weighted by molar-refractivity contribution is 5.85. The fraction of sp³-hybridized carbons (Fsp3) is 0.909. The van der Waals surface area contributed by atoms with Crippen LogP contribution in [0.2, 0.25) is 0 Å². The number of hydrogen-bond donors (Lipinski definition) is 1. The molecule has 2 atom stereocenters. The highest BCUT2D eigenvalue weighted by Crippen LogP contribution is 2.19. The predicted octanol–water partition coefficient (Wildman–Crippen LogP) is 0.622. The van der Waals surface area contributed by atoms with Crippen molar-refractivity contribution in [2.24, 2.45) is 0 Å². The monoisotopic (exact) mass is 214 g/mol. The number of carbonyl (C=O) groups is 1. The summed E-state index contributed by atoms with van der Waals surface area (Å²) >= 11 is 0. The molecular formula is C11H22N2O2. The molecule has 1 aliphatic rings. The maximum atomic E-state index is 12.3. The van der Waals surface area contributed by atoms with Crippen LogP contribution in [0.25, 0.3) is 0 Å². The van der Waals surface area contributed by atoms with Gasteiger partial charge in [-0.1, -0.05) is 6.92 Å². The first-order chi connectivity index (χ1) is 7.05. The van der Waals surface area contributed by atoms with Crippen LogP contribution < -0.4 is 5.32 Å². The number of rotatable bonds is 3. The summed E-state index contributed by atoms with van der Waals surface area (Å²) in [4.78, 5) is 14.2. The van der Waals surface area contributed by atoms with Gasteiger partial charge in [0.1, 0.15) is 5.60 Å². The number of carbonyl (C=O) groups excluding carboxylic acids is 1. The second-order valence-electron chi connectivity index (χ2n) is 4.34. The molecule has 15 heavy (non-hydrogen) atoms. The van der Waals surface area contributed by atoms with Crippen LogP contribution in [-0.4, -0.2) is 49.2 Å². The minimum absolute atomic E-state index is 0.113. The van der Waals surface area contributed by atoms with Gasteiger partial charge in [-0.25, -0.2) is 0 Å². The lowest BCUT2D eigenvalue weighted by molar-refractivity contribution is -0.156. The topological polar surface area (TPSA) is 41.6 Å². The molecule has 0 aromatic heterocycles. The summed E-state index contributed by atoms with van der Waals surface area (Å²) in [7, 11) is 1.61. The summed E-state index contributed by atoms with van der Waals surface area (Å²) in [5, 5.41) is 3.27. The molecular weight excluding hydrogens is 192 g/mol. The van der Waals surface area contributed by atoms with Crippen LogP contribution in [0, 0.1) is 0 Å². The Morgan fingerprint density at radius 3 is 2.80 bits per heavy atom. The molecule has 1 rings (SSSR count). The molecule has 1 N–H and O–H groups in total. The zero-order chi connectivity index (χ0) is 11.5. The molecule has 4 heteroatoms. The van der Waals surface area contributed by atoms with E-state index >= 15 is 0 Å². The summed E-state index contributed by atoms with van der Waals surface area (Å²) in [6.07, 6.45) is 0.707. The first-order valence-corrected chi connectivity index (χ1v) is 5.62. The summed E-state index contributed by atoms with van der Waals surface area (Å²) in [6, 6.07) is 0.257.